The van der Waals surface area contributed by atoms with Gasteiger partial charge in [0.05, 0.1) is 40.8 Å². The molecule has 0 saturated carbocycles. The molecule has 2 rings (SSSR count). The van der Waals surface area contributed by atoms with Crippen molar-refractivity contribution in [3.05, 3.63) is 21.7 Å². The van der Waals surface area contributed by atoms with E-state index in [9.17, 15) is 24.9 Å². The van der Waals surface area contributed by atoms with Crippen LogP contribution in [-0.2, 0) is 14.3 Å². The zero-order valence-electron chi connectivity index (χ0n) is 22.2. The molecule has 0 aliphatic carbocycles. The van der Waals surface area contributed by atoms with E-state index in [0.717, 1.165) is 35.5 Å². The van der Waals surface area contributed by atoms with Gasteiger partial charge in [-0.05, 0) is 50.2 Å². The molecule has 35 heavy (non-hydrogen) atoms. The number of ether oxygens (including phenoxy) is 1. The molecule has 2 heterocycles. The first kappa shape index (κ1) is 29.6. The molecule has 3 N–H and O–H groups in total. The molecule has 0 aromatic carbocycles. The molecule has 198 valence electrons. The Bertz CT molecular complexity index is 894. The maximum Gasteiger partial charge on any atom is 0.309 e. The Hall–Kier alpha value is -1.61. The molecule has 7 nitrogen and oxygen atoms in total. The first-order valence-electron chi connectivity index (χ1n) is 12.6. The van der Waals surface area contributed by atoms with E-state index in [2.05, 4.69) is 4.98 Å². The second-order valence-corrected chi connectivity index (χ2v) is 12.0. The van der Waals surface area contributed by atoms with Crippen LogP contribution in [0.15, 0.2) is 11.0 Å². The van der Waals surface area contributed by atoms with Crippen molar-refractivity contribution in [2.24, 2.45) is 23.2 Å². The fraction of sp³-hybridized carbons (Fsp3) is 0.741. The van der Waals surface area contributed by atoms with Gasteiger partial charge in [0.1, 0.15) is 11.9 Å². The highest BCUT2D eigenvalue weighted by atomic mass is 32.1. The van der Waals surface area contributed by atoms with Gasteiger partial charge in [-0.25, -0.2) is 4.98 Å². The van der Waals surface area contributed by atoms with E-state index in [4.69, 9.17) is 4.74 Å². The Labute approximate surface area is 213 Å². The van der Waals surface area contributed by atoms with Crippen LogP contribution in [0.3, 0.4) is 0 Å². The molecule has 0 radical (unpaired) electrons. The summed E-state index contributed by atoms with van der Waals surface area (Å²) < 4.78 is 5.76. The molecule has 1 fully saturated rings. The van der Waals surface area contributed by atoms with Gasteiger partial charge in [-0.3, -0.25) is 9.59 Å². The van der Waals surface area contributed by atoms with Crippen molar-refractivity contribution >= 4 is 29.2 Å². The molecule has 1 saturated heterocycles. The summed E-state index contributed by atoms with van der Waals surface area (Å²) in [5.41, 5.74) is 0.290. The molecular formula is C27H43NO6S. The standard InChI is InChI=1S/C27H43NO6S/c1-15-9-8-10-16(2)25(32)18(4)26(33)27(6,7)23(30)13-24(31)34-22(12-21(15)29)17(3)11-20-14-35-19(5)28-20/h11,14-16,18,21-23,25,29-30,32H,8-10,12-13H2,1-7H3/b17-11+/t15?,16?,18?,21-,22-,23?,25-/m0/s1. The highest BCUT2D eigenvalue weighted by Gasteiger charge is 2.42. The predicted octanol–water partition coefficient (Wildman–Crippen LogP) is 4.32. The van der Waals surface area contributed by atoms with Crippen LogP contribution in [0.25, 0.3) is 6.08 Å². The average molecular weight is 510 g/mol. The summed E-state index contributed by atoms with van der Waals surface area (Å²) in [5, 5.41) is 35.4. The Morgan fingerprint density at radius 1 is 1.14 bits per heavy atom. The van der Waals surface area contributed by atoms with E-state index in [-0.39, 0.29) is 30.5 Å². The quantitative estimate of drug-likeness (QED) is 0.508. The molecule has 4 unspecified atom stereocenters. The summed E-state index contributed by atoms with van der Waals surface area (Å²) in [6.45, 7) is 12.5. The number of carbonyl (C=O) groups excluding carboxylic acids is 2. The van der Waals surface area contributed by atoms with Gasteiger partial charge in [0.15, 0.2) is 0 Å². The number of rotatable bonds is 2. The highest BCUT2D eigenvalue weighted by Crippen LogP contribution is 2.33. The topological polar surface area (TPSA) is 117 Å². The minimum Gasteiger partial charge on any atom is -0.458 e. The largest absolute Gasteiger partial charge is 0.458 e. The predicted molar refractivity (Wildman–Crippen MR) is 138 cm³/mol. The van der Waals surface area contributed by atoms with Crippen LogP contribution in [0.5, 0.6) is 0 Å². The van der Waals surface area contributed by atoms with Crippen molar-refractivity contribution in [3.8, 4) is 0 Å². The van der Waals surface area contributed by atoms with Crippen molar-refractivity contribution < 1.29 is 29.6 Å². The van der Waals surface area contributed by atoms with E-state index in [0.29, 0.717) is 0 Å². The second-order valence-electron chi connectivity index (χ2n) is 10.9. The molecule has 1 aliphatic rings. The number of thiazole rings is 1. The third kappa shape index (κ3) is 7.94. The average Bonchev–Trinajstić information content (AvgIpc) is 3.20. The van der Waals surface area contributed by atoms with Gasteiger partial charge in [-0.1, -0.05) is 41.0 Å². The first-order valence-corrected chi connectivity index (χ1v) is 13.5. The number of aryl methyl sites for hydroxylation is 1. The summed E-state index contributed by atoms with van der Waals surface area (Å²) in [4.78, 5) is 30.5. The zero-order valence-corrected chi connectivity index (χ0v) is 23.0. The smallest absolute Gasteiger partial charge is 0.309 e. The molecule has 0 spiro atoms. The van der Waals surface area contributed by atoms with E-state index >= 15 is 0 Å². The first-order chi connectivity index (χ1) is 16.2. The van der Waals surface area contributed by atoms with Crippen molar-refractivity contribution in [2.45, 2.75) is 105 Å². The van der Waals surface area contributed by atoms with Gasteiger partial charge in [0.2, 0.25) is 0 Å². The lowest BCUT2D eigenvalue weighted by molar-refractivity contribution is -0.155. The van der Waals surface area contributed by atoms with Gasteiger partial charge in [-0.15, -0.1) is 11.3 Å². The van der Waals surface area contributed by atoms with Gasteiger partial charge in [0.25, 0.3) is 0 Å². The van der Waals surface area contributed by atoms with Crippen LogP contribution in [0.4, 0.5) is 0 Å². The molecule has 1 aromatic rings. The van der Waals surface area contributed by atoms with Gasteiger partial charge >= 0.3 is 5.97 Å². The zero-order chi connectivity index (χ0) is 26.5. The van der Waals surface area contributed by atoms with E-state index < -0.39 is 41.7 Å². The number of aliphatic hydroxyl groups excluding tert-OH is 3. The van der Waals surface area contributed by atoms with Crippen LogP contribution in [-0.4, -0.2) is 56.5 Å². The lowest BCUT2D eigenvalue weighted by Gasteiger charge is -2.35. The van der Waals surface area contributed by atoms with Gasteiger partial charge in [-0.2, -0.15) is 0 Å². The van der Waals surface area contributed by atoms with Crippen LogP contribution in [0.2, 0.25) is 0 Å². The minimum atomic E-state index is -1.27. The number of cyclic esters (lactones) is 1. The Kier molecular flexibility index (Phi) is 10.6. The number of hydrogen-bond donors (Lipinski definition) is 3. The summed E-state index contributed by atoms with van der Waals surface area (Å²) in [6.07, 6.45) is 0.500. The van der Waals surface area contributed by atoms with Gasteiger partial charge in [0, 0.05) is 17.7 Å². The van der Waals surface area contributed by atoms with E-state index in [1.165, 1.54) is 11.3 Å². The van der Waals surface area contributed by atoms with Crippen LogP contribution in [0.1, 0.15) is 84.3 Å². The number of aromatic nitrogens is 1. The van der Waals surface area contributed by atoms with Crippen molar-refractivity contribution in [2.75, 3.05) is 0 Å². The summed E-state index contributed by atoms with van der Waals surface area (Å²) in [5.74, 6) is -1.74. The van der Waals surface area contributed by atoms with E-state index in [1.807, 2.05) is 39.2 Å². The lowest BCUT2D eigenvalue weighted by atomic mass is 9.73. The Morgan fingerprint density at radius 3 is 2.37 bits per heavy atom. The third-order valence-corrected chi connectivity index (χ3v) is 8.35. The second kappa shape index (κ2) is 12.6. The molecule has 0 bridgehead atoms. The maximum atomic E-state index is 13.2. The number of carbonyl (C=O) groups is 2. The Morgan fingerprint density at radius 2 is 1.77 bits per heavy atom. The lowest BCUT2D eigenvalue weighted by Crippen LogP contribution is -2.45. The number of nitrogens with zero attached hydrogens (tertiary/aromatic N) is 1. The molecule has 0 amide bonds. The van der Waals surface area contributed by atoms with Crippen LogP contribution >= 0.6 is 11.3 Å². The van der Waals surface area contributed by atoms with Crippen molar-refractivity contribution in [1.29, 1.82) is 0 Å². The molecule has 1 aromatic heterocycles. The summed E-state index contributed by atoms with van der Waals surface area (Å²) >= 11 is 1.53. The number of ketones is 1. The van der Waals surface area contributed by atoms with Crippen molar-refractivity contribution in [1.82, 2.24) is 4.98 Å². The SMILES string of the molecule is C/C(=C\c1csc(C)n1)[C@@H]1C[C@H](O)C(C)CCCC(C)[C@H](O)C(C)C(=O)C(C)(C)C(O)CC(=O)O1. The highest BCUT2D eigenvalue weighted by molar-refractivity contribution is 7.09. The van der Waals surface area contributed by atoms with E-state index in [1.54, 1.807) is 20.8 Å². The molecule has 8 heteroatoms. The fourth-order valence-electron chi connectivity index (χ4n) is 4.69. The molecule has 1 aliphatic heterocycles. The monoisotopic (exact) mass is 509 g/mol. The number of hydrogen-bond acceptors (Lipinski definition) is 8. The normalized spacial score (nSPS) is 34.5. The third-order valence-electron chi connectivity index (χ3n) is 7.56. The summed E-state index contributed by atoms with van der Waals surface area (Å²) in [7, 11) is 0. The number of aliphatic hydroxyl groups is 3. The van der Waals surface area contributed by atoms with Gasteiger partial charge < -0.3 is 20.1 Å². The minimum absolute atomic E-state index is 0.0358. The fourth-order valence-corrected chi connectivity index (χ4v) is 5.27. The van der Waals surface area contributed by atoms with Crippen molar-refractivity contribution in [3.63, 3.8) is 0 Å². The maximum absolute atomic E-state index is 13.2. The van der Waals surface area contributed by atoms with Crippen LogP contribution in [0, 0.1) is 30.1 Å². The molecular weight excluding hydrogens is 466 g/mol. The summed E-state index contributed by atoms with van der Waals surface area (Å²) in [6, 6.07) is 0. The molecule has 7 atom stereocenters. The number of esters is 1. The van der Waals surface area contributed by atoms with Crippen LogP contribution < -0.4 is 0 Å². The number of Topliss-reactive ketones (excluding diaryl/α,β-unsaturated/α-hetero) is 1. The Balaban J connectivity index is 2.33.